The van der Waals surface area contributed by atoms with Crippen LogP contribution < -0.4 is 15.4 Å². The van der Waals surface area contributed by atoms with Crippen LogP contribution in [0.25, 0.3) is 22.6 Å². The Hall–Kier alpha value is -2.50. The molecule has 1 amide bonds. The van der Waals surface area contributed by atoms with Gasteiger partial charge in [0, 0.05) is 19.3 Å². The van der Waals surface area contributed by atoms with Crippen LogP contribution in [0.5, 0.6) is 5.75 Å². The van der Waals surface area contributed by atoms with Crippen LogP contribution in [-0.4, -0.2) is 22.6 Å². The summed E-state index contributed by atoms with van der Waals surface area (Å²) >= 11 is 11.1. The first kappa shape index (κ1) is 23.7. The Morgan fingerprint density at radius 1 is 1.18 bits per heavy atom. The van der Waals surface area contributed by atoms with Crippen molar-refractivity contribution < 1.29 is 13.9 Å². The fourth-order valence-corrected chi connectivity index (χ4v) is 4.18. The molecule has 0 radical (unpaired) electrons. The zero-order valence-electron chi connectivity index (χ0n) is 17.5. The molecule has 33 heavy (non-hydrogen) atoms. The summed E-state index contributed by atoms with van der Waals surface area (Å²) in [5.74, 6) is 0.853. The molecule has 4 rings (SSSR count). The number of nitrogens with zero attached hydrogens (tertiary/aromatic N) is 1. The smallest absolute Gasteiger partial charge is 0.257 e. The molecule has 0 unspecified atom stereocenters. The average Bonchev–Trinajstić information content (AvgIpc) is 3.22. The van der Waals surface area contributed by atoms with E-state index in [0.717, 1.165) is 20.0 Å². The van der Waals surface area contributed by atoms with E-state index in [1.54, 1.807) is 18.2 Å². The second-order valence-corrected chi connectivity index (χ2v) is 9.62. The molecule has 4 aromatic rings. The predicted molar refractivity (Wildman–Crippen MR) is 146 cm³/mol. The predicted octanol–water partition coefficient (Wildman–Crippen LogP) is 6.78. The first-order valence-corrected chi connectivity index (χ1v) is 12.4. The number of rotatable bonds is 6. The van der Waals surface area contributed by atoms with Gasteiger partial charge in [-0.15, -0.1) is 0 Å². The molecule has 168 valence electrons. The third-order valence-electron chi connectivity index (χ3n) is 4.60. The Bertz CT molecular complexity index is 1340. The minimum absolute atomic E-state index is 0.184. The first-order valence-electron chi connectivity index (χ1n) is 10.1. The quantitative estimate of drug-likeness (QED) is 0.180. The topological polar surface area (TPSA) is 76.4 Å². The molecule has 2 N–H and O–H groups in total. The van der Waals surface area contributed by atoms with E-state index in [1.807, 2.05) is 49.4 Å². The molecule has 9 heteroatoms. The summed E-state index contributed by atoms with van der Waals surface area (Å²) in [6, 6.07) is 18.4. The van der Waals surface area contributed by atoms with Gasteiger partial charge in [0.2, 0.25) is 5.89 Å². The molecular formula is C24H19BrIN3O3S. The number of fused-ring (bicyclic) bond motifs is 1. The average molecular weight is 636 g/mol. The monoisotopic (exact) mass is 635 g/mol. The van der Waals surface area contributed by atoms with Crippen molar-refractivity contribution >= 4 is 78.5 Å². The number of ether oxygens (including phenoxy) is 1. The summed E-state index contributed by atoms with van der Waals surface area (Å²) in [4.78, 5) is 17.2. The summed E-state index contributed by atoms with van der Waals surface area (Å²) in [7, 11) is 0. The van der Waals surface area contributed by atoms with Crippen LogP contribution in [0.3, 0.4) is 0 Å². The maximum Gasteiger partial charge on any atom is 0.257 e. The maximum absolute atomic E-state index is 12.6. The van der Waals surface area contributed by atoms with Gasteiger partial charge in [0.05, 0.1) is 12.2 Å². The van der Waals surface area contributed by atoms with Crippen LogP contribution in [0.15, 0.2) is 69.6 Å². The molecule has 0 atom stereocenters. The van der Waals surface area contributed by atoms with E-state index in [0.29, 0.717) is 40.6 Å². The van der Waals surface area contributed by atoms with Crippen molar-refractivity contribution in [1.29, 1.82) is 0 Å². The number of aromatic nitrogens is 1. The van der Waals surface area contributed by atoms with Gasteiger partial charge in [-0.05, 0) is 112 Å². The van der Waals surface area contributed by atoms with Crippen molar-refractivity contribution in [2.24, 2.45) is 0 Å². The Morgan fingerprint density at radius 2 is 2.03 bits per heavy atom. The molecule has 1 heterocycles. The van der Waals surface area contributed by atoms with E-state index in [4.69, 9.17) is 21.4 Å². The minimum Gasteiger partial charge on any atom is -0.494 e. The molecule has 0 bridgehead atoms. The maximum atomic E-state index is 12.6. The lowest BCUT2D eigenvalue weighted by molar-refractivity contribution is 0.0977. The number of oxazole rings is 1. The summed E-state index contributed by atoms with van der Waals surface area (Å²) in [6.07, 6.45) is 0.893. The Balaban J connectivity index is 1.46. The van der Waals surface area contributed by atoms with Crippen molar-refractivity contribution in [3.63, 3.8) is 0 Å². The van der Waals surface area contributed by atoms with Gasteiger partial charge >= 0.3 is 0 Å². The first-order chi connectivity index (χ1) is 15.9. The van der Waals surface area contributed by atoms with Crippen LogP contribution in [0.4, 0.5) is 5.69 Å². The van der Waals surface area contributed by atoms with E-state index < -0.39 is 0 Å². The van der Waals surface area contributed by atoms with Crippen LogP contribution in [0.2, 0.25) is 0 Å². The normalized spacial score (nSPS) is 10.8. The van der Waals surface area contributed by atoms with Crippen molar-refractivity contribution in [1.82, 2.24) is 10.3 Å². The number of halogens is 2. The summed E-state index contributed by atoms with van der Waals surface area (Å²) in [5.41, 5.74) is 3.36. The van der Waals surface area contributed by atoms with Crippen LogP contribution in [-0.2, 0) is 0 Å². The van der Waals surface area contributed by atoms with E-state index in [-0.39, 0.29) is 11.0 Å². The van der Waals surface area contributed by atoms with Crippen molar-refractivity contribution in [2.45, 2.75) is 13.3 Å². The molecule has 0 aliphatic rings. The van der Waals surface area contributed by atoms with E-state index in [1.165, 1.54) is 0 Å². The highest BCUT2D eigenvalue weighted by molar-refractivity contribution is 14.1. The van der Waals surface area contributed by atoms with Gasteiger partial charge in [-0.25, -0.2) is 4.98 Å². The van der Waals surface area contributed by atoms with Gasteiger partial charge in [0.1, 0.15) is 11.3 Å². The van der Waals surface area contributed by atoms with E-state index in [2.05, 4.69) is 54.1 Å². The SMILES string of the molecule is CCCOc1cccc(C(=O)NC(=S)Nc2ccc3oc(-c4cc(I)ccc4Br)nc3c2)c1. The summed E-state index contributed by atoms with van der Waals surface area (Å²) in [5, 5.41) is 5.91. The second-order valence-electron chi connectivity index (χ2n) is 7.11. The second kappa shape index (κ2) is 10.6. The van der Waals surface area contributed by atoms with Gasteiger partial charge in [0.15, 0.2) is 10.7 Å². The molecule has 0 saturated carbocycles. The molecule has 0 fully saturated rings. The van der Waals surface area contributed by atoms with Crippen molar-refractivity contribution in [3.8, 4) is 17.2 Å². The zero-order valence-corrected chi connectivity index (χ0v) is 22.1. The van der Waals surface area contributed by atoms with Gasteiger partial charge in [-0.1, -0.05) is 13.0 Å². The van der Waals surface area contributed by atoms with Gasteiger partial charge in [-0.2, -0.15) is 0 Å². The van der Waals surface area contributed by atoms with Crippen molar-refractivity contribution in [3.05, 3.63) is 74.3 Å². The number of hydrogen-bond acceptors (Lipinski definition) is 5. The van der Waals surface area contributed by atoms with Crippen LogP contribution in [0, 0.1) is 3.57 Å². The largest absolute Gasteiger partial charge is 0.494 e. The molecular weight excluding hydrogens is 617 g/mol. The van der Waals surface area contributed by atoms with E-state index in [9.17, 15) is 4.79 Å². The Kier molecular flexibility index (Phi) is 7.61. The fourth-order valence-electron chi connectivity index (χ4n) is 3.07. The number of benzene rings is 3. The standard InChI is InChI=1S/C24H19BrIN3O3S/c1-2-10-31-17-5-3-4-14(11-17)22(30)29-24(33)27-16-7-9-21-20(13-16)28-23(32-21)18-12-15(26)6-8-19(18)25/h3-9,11-13H,2,10H2,1H3,(H2,27,29,30,33). The number of carbonyl (C=O) groups excluding carboxylic acids is 1. The number of hydrogen-bond donors (Lipinski definition) is 2. The molecule has 6 nitrogen and oxygen atoms in total. The molecule has 0 spiro atoms. The van der Waals surface area contributed by atoms with E-state index >= 15 is 0 Å². The Labute approximate surface area is 218 Å². The molecule has 0 aliphatic heterocycles. The number of nitrogens with one attached hydrogen (secondary N) is 2. The zero-order chi connectivity index (χ0) is 23.4. The molecule has 0 aliphatic carbocycles. The highest BCUT2D eigenvalue weighted by Gasteiger charge is 2.14. The molecule has 0 saturated heterocycles. The van der Waals surface area contributed by atoms with Crippen LogP contribution in [0.1, 0.15) is 23.7 Å². The number of amides is 1. The highest BCUT2D eigenvalue weighted by atomic mass is 127. The lowest BCUT2D eigenvalue weighted by Gasteiger charge is -2.10. The lowest BCUT2D eigenvalue weighted by atomic mass is 10.2. The number of carbonyl (C=O) groups is 1. The highest BCUT2D eigenvalue weighted by Crippen LogP contribution is 2.32. The summed E-state index contributed by atoms with van der Waals surface area (Å²) in [6.45, 7) is 2.62. The molecule has 3 aromatic carbocycles. The molecule has 1 aromatic heterocycles. The Morgan fingerprint density at radius 3 is 2.85 bits per heavy atom. The summed E-state index contributed by atoms with van der Waals surface area (Å²) < 4.78 is 13.5. The number of thiocarbonyl (C=S) groups is 1. The van der Waals surface area contributed by atoms with Gasteiger partial charge < -0.3 is 14.5 Å². The minimum atomic E-state index is -0.317. The lowest BCUT2D eigenvalue weighted by Crippen LogP contribution is -2.34. The number of anilines is 1. The fraction of sp³-hybridized carbons (Fsp3) is 0.125. The van der Waals surface area contributed by atoms with Gasteiger partial charge in [-0.3, -0.25) is 10.1 Å². The van der Waals surface area contributed by atoms with Gasteiger partial charge in [0.25, 0.3) is 5.91 Å². The van der Waals surface area contributed by atoms with Crippen molar-refractivity contribution in [2.75, 3.05) is 11.9 Å². The third kappa shape index (κ3) is 5.90. The third-order valence-corrected chi connectivity index (χ3v) is 6.17. The van der Waals surface area contributed by atoms with Crippen LogP contribution >= 0.6 is 50.7 Å².